The lowest BCUT2D eigenvalue weighted by atomic mass is 10.0. The number of hydrogen-bond acceptors (Lipinski definition) is 5. The van der Waals surface area contributed by atoms with Gasteiger partial charge in [0, 0.05) is 11.6 Å². The summed E-state index contributed by atoms with van der Waals surface area (Å²) in [6, 6.07) is 23.3. The van der Waals surface area contributed by atoms with Crippen molar-refractivity contribution in [2.24, 2.45) is 5.92 Å². The van der Waals surface area contributed by atoms with Gasteiger partial charge in [0.05, 0.1) is 7.11 Å². The lowest BCUT2D eigenvalue weighted by Crippen LogP contribution is -2.45. The molecule has 3 aromatic carbocycles. The number of methoxy groups -OCH3 is 1. The molecule has 0 aliphatic carbocycles. The van der Waals surface area contributed by atoms with Gasteiger partial charge in [-0.05, 0) is 40.8 Å². The first kappa shape index (κ1) is 25.4. The monoisotopic (exact) mass is 471 g/mol. The van der Waals surface area contributed by atoms with Gasteiger partial charge in [-0.1, -0.05) is 80.6 Å². The number of ether oxygens (including phenoxy) is 2. The molecule has 3 rings (SSSR count). The van der Waals surface area contributed by atoms with Crippen LogP contribution in [0.15, 0.2) is 84.9 Å². The highest BCUT2D eigenvalue weighted by Crippen LogP contribution is 2.19. The van der Waals surface area contributed by atoms with Gasteiger partial charge in [0.1, 0.15) is 11.8 Å². The van der Waals surface area contributed by atoms with Gasteiger partial charge in [0.2, 0.25) is 5.91 Å². The molecule has 0 fully saturated rings. The number of rotatable bonds is 10. The van der Waals surface area contributed by atoms with Crippen molar-refractivity contribution in [3.8, 4) is 16.9 Å². The van der Waals surface area contributed by atoms with Crippen LogP contribution in [-0.2, 0) is 14.3 Å². The summed E-state index contributed by atoms with van der Waals surface area (Å²) < 4.78 is 10.4. The summed E-state index contributed by atoms with van der Waals surface area (Å²) in [5, 5.41) is 2.66. The Morgan fingerprint density at radius 3 is 2.09 bits per heavy atom. The van der Waals surface area contributed by atoms with E-state index >= 15 is 0 Å². The Morgan fingerprint density at radius 1 is 0.857 bits per heavy atom. The Labute approximate surface area is 205 Å². The third-order valence-corrected chi connectivity index (χ3v) is 5.42. The van der Waals surface area contributed by atoms with Crippen LogP contribution in [0.1, 0.15) is 29.8 Å². The second-order valence-electron chi connectivity index (χ2n) is 8.31. The summed E-state index contributed by atoms with van der Waals surface area (Å²) in [6.45, 7) is 3.19. The van der Waals surface area contributed by atoms with Crippen molar-refractivity contribution in [2.75, 3.05) is 13.7 Å². The van der Waals surface area contributed by atoms with E-state index in [1.54, 1.807) is 51.3 Å². The van der Waals surface area contributed by atoms with E-state index in [-0.39, 0.29) is 11.7 Å². The van der Waals surface area contributed by atoms with Gasteiger partial charge in [0.15, 0.2) is 12.4 Å². The molecule has 0 aliphatic rings. The zero-order chi connectivity index (χ0) is 25.2. The number of ketones is 1. The van der Waals surface area contributed by atoms with Crippen LogP contribution in [-0.4, -0.2) is 37.4 Å². The van der Waals surface area contributed by atoms with E-state index in [1.165, 1.54) is 6.08 Å². The third-order valence-electron chi connectivity index (χ3n) is 5.42. The SMILES string of the molecule is COc1ccc(/C=C/C(=O)N[C@H](C(=O)OCC(=O)c2ccc(-c3ccccc3)cc2)C(C)C)cc1. The minimum absolute atomic E-state index is 0.221. The van der Waals surface area contributed by atoms with E-state index in [9.17, 15) is 14.4 Å². The third kappa shape index (κ3) is 7.40. The van der Waals surface area contributed by atoms with E-state index in [0.717, 1.165) is 22.4 Å². The normalized spacial score (nSPS) is 11.8. The molecule has 1 amide bonds. The number of amides is 1. The van der Waals surface area contributed by atoms with Gasteiger partial charge < -0.3 is 14.8 Å². The highest BCUT2D eigenvalue weighted by atomic mass is 16.5. The highest BCUT2D eigenvalue weighted by molar-refractivity contribution is 5.99. The molecule has 1 atom stereocenters. The Balaban J connectivity index is 1.54. The van der Waals surface area contributed by atoms with Gasteiger partial charge in [0.25, 0.3) is 0 Å². The molecular formula is C29H29NO5. The second-order valence-corrected chi connectivity index (χ2v) is 8.31. The van der Waals surface area contributed by atoms with E-state index in [1.807, 2.05) is 54.6 Å². The van der Waals surface area contributed by atoms with Gasteiger partial charge in [-0.25, -0.2) is 4.79 Å². The Hall–Kier alpha value is -4.19. The van der Waals surface area contributed by atoms with Crippen molar-refractivity contribution in [3.63, 3.8) is 0 Å². The van der Waals surface area contributed by atoms with Crippen LogP contribution in [0.4, 0.5) is 0 Å². The van der Waals surface area contributed by atoms with Crippen molar-refractivity contribution >= 4 is 23.7 Å². The highest BCUT2D eigenvalue weighted by Gasteiger charge is 2.25. The summed E-state index contributed by atoms with van der Waals surface area (Å²) >= 11 is 0. The maximum atomic E-state index is 12.6. The summed E-state index contributed by atoms with van der Waals surface area (Å²) in [7, 11) is 1.58. The first-order chi connectivity index (χ1) is 16.9. The first-order valence-corrected chi connectivity index (χ1v) is 11.4. The molecule has 180 valence electrons. The summed E-state index contributed by atoms with van der Waals surface area (Å²) in [5.41, 5.74) is 3.30. The molecule has 0 saturated carbocycles. The summed E-state index contributed by atoms with van der Waals surface area (Å²) in [6.07, 6.45) is 2.99. The zero-order valence-electron chi connectivity index (χ0n) is 20.1. The molecule has 0 radical (unpaired) electrons. The van der Waals surface area contributed by atoms with E-state index in [2.05, 4.69) is 5.32 Å². The van der Waals surface area contributed by atoms with Crippen LogP contribution in [0.25, 0.3) is 17.2 Å². The fourth-order valence-electron chi connectivity index (χ4n) is 3.38. The van der Waals surface area contributed by atoms with Crippen LogP contribution in [0.5, 0.6) is 5.75 Å². The standard InChI is InChI=1S/C29H29NO5/c1-20(2)28(30-27(32)18-11-21-9-16-25(34-3)17-10-21)29(33)35-19-26(31)24-14-12-23(13-15-24)22-7-5-4-6-8-22/h4-18,20,28H,19H2,1-3H3,(H,30,32)/b18-11+/t28-/m0/s1. The van der Waals surface area contributed by atoms with Gasteiger partial charge >= 0.3 is 5.97 Å². The fourth-order valence-corrected chi connectivity index (χ4v) is 3.38. The topological polar surface area (TPSA) is 81.7 Å². The van der Waals surface area contributed by atoms with E-state index in [4.69, 9.17) is 9.47 Å². The number of Topliss-reactive ketones (excluding diaryl/α,β-unsaturated/α-hetero) is 1. The Bertz CT molecular complexity index is 1170. The van der Waals surface area contributed by atoms with Gasteiger partial charge in [-0.3, -0.25) is 9.59 Å². The number of carbonyl (C=O) groups excluding carboxylic acids is 3. The molecule has 0 aromatic heterocycles. The number of hydrogen-bond donors (Lipinski definition) is 1. The van der Waals surface area contributed by atoms with Crippen LogP contribution in [0, 0.1) is 5.92 Å². The first-order valence-electron chi connectivity index (χ1n) is 11.4. The van der Waals surface area contributed by atoms with Crippen LogP contribution >= 0.6 is 0 Å². The van der Waals surface area contributed by atoms with Crippen LogP contribution in [0.2, 0.25) is 0 Å². The molecule has 0 aliphatic heterocycles. The van der Waals surface area contributed by atoms with Crippen molar-refractivity contribution in [3.05, 3.63) is 96.1 Å². The quantitative estimate of drug-likeness (QED) is 0.257. The number of carbonyl (C=O) groups is 3. The average molecular weight is 472 g/mol. The van der Waals surface area contributed by atoms with Crippen LogP contribution in [0.3, 0.4) is 0 Å². The smallest absolute Gasteiger partial charge is 0.329 e. The molecule has 0 heterocycles. The number of benzene rings is 3. The summed E-state index contributed by atoms with van der Waals surface area (Å²) in [4.78, 5) is 37.5. The zero-order valence-corrected chi connectivity index (χ0v) is 20.1. The predicted molar refractivity (Wildman–Crippen MR) is 136 cm³/mol. The molecule has 6 heteroatoms. The second kappa shape index (κ2) is 12.3. The van der Waals surface area contributed by atoms with Crippen molar-refractivity contribution in [1.82, 2.24) is 5.32 Å². The van der Waals surface area contributed by atoms with Crippen LogP contribution < -0.4 is 10.1 Å². The average Bonchev–Trinajstić information content (AvgIpc) is 2.89. The minimum Gasteiger partial charge on any atom is -0.497 e. The number of nitrogens with one attached hydrogen (secondary N) is 1. The lowest BCUT2D eigenvalue weighted by molar-refractivity contribution is -0.147. The van der Waals surface area contributed by atoms with Crippen molar-refractivity contribution in [2.45, 2.75) is 19.9 Å². The van der Waals surface area contributed by atoms with E-state index < -0.39 is 24.5 Å². The molecular weight excluding hydrogens is 442 g/mol. The molecule has 0 unspecified atom stereocenters. The predicted octanol–water partition coefficient (Wildman–Crippen LogP) is 4.94. The summed E-state index contributed by atoms with van der Waals surface area (Å²) in [5.74, 6) is -0.900. The molecule has 35 heavy (non-hydrogen) atoms. The van der Waals surface area contributed by atoms with Crippen molar-refractivity contribution in [1.29, 1.82) is 0 Å². The molecule has 6 nitrogen and oxygen atoms in total. The maximum absolute atomic E-state index is 12.6. The number of esters is 1. The van der Waals surface area contributed by atoms with Crippen molar-refractivity contribution < 1.29 is 23.9 Å². The molecule has 0 bridgehead atoms. The Kier molecular flexibility index (Phi) is 8.95. The molecule has 1 N–H and O–H groups in total. The lowest BCUT2D eigenvalue weighted by Gasteiger charge is -2.20. The molecule has 0 saturated heterocycles. The minimum atomic E-state index is -0.878. The van der Waals surface area contributed by atoms with Gasteiger partial charge in [-0.2, -0.15) is 0 Å². The Morgan fingerprint density at radius 2 is 1.49 bits per heavy atom. The molecule has 0 spiro atoms. The fraction of sp³-hybridized carbons (Fsp3) is 0.207. The van der Waals surface area contributed by atoms with E-state index in [0.29, 0.717) is 5.56 Å². The largest absolute Gasteiger partial charge is 0.497 e. The maximum Gasteiger partial charge on any atom is 0.329 e. The molecule has 3 aromatic rings. The van der Waals surface area contributed by atoms with Gasteiger partial charge in [-0.15, -0.1) is 0 Å².